The van der Waals surface area contributed by atoms with Crippen LogP contribution in [-0.4, -0.2) is 43.9 Å². The summed E-state index contributed by atoms with van der Waals surface area (Å²) in [7, 11) is 0. The monoisotopic (exact) mass is 433 g/mol. The number of hydrogen-bond acceptors (Lipinski definition) is 6. The summed E-state index contributed by atoms with van der Waals surface area (Å²) in [6.07, 6.45) is 8.14. The van der Waals surface area contributed by atoms with Crippen molar-refractivity contribution in [1.29, 1.82) is 0 Å². The summed E-state index contributed by atoms with van der Waals surface area (Å²) in [4.78, 5) is 31.4. The quantitative estimate of drug-likeness (QED) is 0.364. The van der Waals surface area contributed by atoms with Crippen molar-refractivity contribution in [1.82, 2.24) is 14.5 Å². The van der Waals surface area contributed by atoms with Crippen molar-refractivity contribution < 1.29 is 23.8 Å². The molecule has 0 spiro atoms. The number of nitrogens with zero attached hydrogens (tertiary/aromatic N) is 3. The second kappa shape index (κ2) is 8.03. The van der Waals surface area contributed by atoms with E-state index in [-0.39, 0.29) is 17.4 Å². The van der Waals surface area contributed by atoms with E-state index in [0.717, 1.165) is 17.7 Å². The summed E-state index contributed by atoms with van der Waals surface area (Å²) in [5.41, 5.74) is 1.49. The van der Waals surface area contributed by atoms with Gasteiger partial charge in [-0.05, 0) is 49.2 Å². The average molecular weight is 433 g/mol. The molecule has 0 radical (unpaired) electrons. The lowest BCUT2D eigenvalue weighted by atomic mass is 9.97. The number of imidazole rings is 1. The van der Waals surface area contributed by atoms with Crippen LogP contribution < -0.4 is 4.74 Å². The van der Waals surface area contributed by atoms with Gasteiger partial charge in [0.25, 0.3) is 11.7 Å². The zero-order valence-electron chi connectivity index (χ0n) is 17.6. The van der Waals surface area contributed by atoms with Gasteiger partial charge in [0.05, 0.1) is 18.2 Å². The molecular weight excluding hydrogens is 410 g/mol. The Kier molecular flexibility index (Phi) is 5.05. The Morgan fingerprint density at radius 3 is 2.88 bits per heavy atom. The van der Waals surface area contributed by atoms with Crippen LogP contribution in [0.4, 0.5) is 0 Å². The molecule has 4 heterocycles. The van der Waals surface area contributed by atoms with Gasteiger partial charge >= 0.3 is 0 Å². The third kappa shape index (κ3) is 3.47. The molecule has 3 aromatic rings. The summed E-state index contributed by atoms with van der Waals surface area (Å²) in [6.45, 7) is 2.96. The molecule has 2 aliphatic heterocycles. The van der Waals surface area contributed by atoms with Crippen LogP contribution in [-0.2, 0) is 22.6 Å². The number of fused-ring (bicyclic) bond motifs is 1. The molecule has 164 valence electrons. The van der Waals surface area contributed by atoms with Crippen LogP contribution in [0, 0.1) is 0 Å². The molecule has 1 saturated heterocycles. The molecule has 5 rings (SSSR count). The van der Waals surface area contributed by atoms with Crippen LogP contribution in [0.1, 0.15) is 36.3 Å². The van der Waals surface area contributed by atoms with E-state index in [1.165, 1.54) is 11.2 Å². The minimum Gasteiger partial charge on any atom is -0.507 e. The van der Waals surface area contributed by atoms with E-state index in [1.807, 2.05) is 23.8 Å². The molecule has 32 heavy (non-hydrogen) atoms. The number of likely N-dealkylation sites (tertiary alicyclic amines) is 1. The highest BCUT2D eigenvalue weighted by Gasteiger charge is 2.47. The van der Waals surface area contributed by atoms with Gasteiger partial charge < -0.3 is 23.7 Å². The van der Waals surface area contributed by atoms with Crippen molar-refractivity contribution in [3.05, 3.63) is 77.8 Å². The number of aliphatic hydroxyl groups excluding tert-OH is 1. The van der Waals surface area contributed by atoms with E-state index >= 15 is 0 Å². The number of ether oxygens (including phenoxy) is 1. The topological polar surface area (TPSA) is 97.8 Å². The number of benzene rings is 1. The van der Waals surface area contributed by atoms with Gasteiger partial charge in [-0.15, -0.1) is 0 Å². The molecule has 0 saturated carbocycles. The van der Waals surface area contributed by atoms with Crippen molar-refractivity contribution in [3.8, 4) is 5.75 Å². The van der Waals surface area contributed by atoms with Gasteiger partial charge in [0.2, 0.25) is 0 Å². The summed E-state index contributed by atoms with van der Waals surface area (Å²) < 4.78 is 13.2. The number of carbonyl (C=O) groups is 2. The summed E-state index contributed by atoms with van der Waals surface area (Å²) >= 11 is 0. The maximum atomic E-state index is 13.0. The first-order valence-corrected chi connectivity index (χ1v) is 10.6. The smallest absolute Gasteiger partial charge is 0.295 e. The second-order valence-electron chi connectivity index (χ2n) is 8.12. The maximum Gasteiger partial charge on any atom is 0.295 e. The van der Waals surface area contributed by atoms with Gasteiger partial charge in [-0.25, -0.2) is 4.98 Å². The molecule has 2 unspecified atom stereocenters. The Morgan fingerprint density at radius 2 is 2.12 bits per heavy atom. The third-order valence-corrected chi connectivity index (χ3v) is 5.90. The molecule has 2 atom stereocenters. The van der Waals surface area contributed by atoms with E-state index < -0.39 is 17.7 Å². The molecule has 1 N–H and O–H groups in total. The van der Waals surface area contributed by atoms with E-state index in [2.05, 4.69) is 4.98 Å². The first kappa shape index (κ1) is 20.1. The number of carbonyl (C=O) groups excluding carboxylic acids is 2. The predicted octanol–water partition coefficient (Wildman–Crippen LogP) is 3.31. The van der Waals surface area contributed by atoms with Crippen LogP contribution in [0.3, 0.4) is 0 Å². The molecule has 2 aliphatic rings. The standard InChI is InChI=1S/C24H23N3O5/c1-15-12-17-13-16(5-6-18(17)32-15)22(28)20-21(19-4-2-11-31-19)27(24(30)23(20)29)9-3-8-26-10-7-25-14-26/h2,4-7,10-11,13-15,21,28H,3,8-9,12H2,1H3/b22-20+. The number of rotatable bonds is 6. The van der Waals surface area contributed by atoms with E-state index in [1.54, 1.807) is 36.8 Å². The van der Waals surface area contributed by atoms with E-state index in [9.17, 15) is 14.7 Å². The van der Waals surface area contributed by atoms with Crippen molar-refractivity contribution in [2.75, 3.05) is 6.54 Å². The number of ketones is 1. The Morgan fingerprint density at radius 1 is 1.25 bits per heavy atom. The lowest BCUT2D eigenvalue weighted by Gasteiger charge is -2.23. The number of hydrogen-bond donors (Lipinski definition) is 1. The van der Waals surface area contributed by atoms with Crippen LogP contribution in [0.15, 0.2) is 65.3 Å². The van der Waals surface area contributed by atoms with Crippen molar-refractivity contribution in [2.24, 2.45) is 0 Å². The molecule has 1 fully saturated rings. The number of aliphatic hydroxyl groups is 1. The van der Waals surface area contributed by atoms with Gasteiger partial charge in [-0.1, -0.05) is 0 Å². The van der Waals surface area contributed by atoms with Crippen molar-refractivity contribution in [2.45, 2.75) is 38.5 Å². The van der Waals surface area contributed by atoms with Crippen LogP contribution >= 0.6 is 0 Å². The molecular formula is C24H23N3O5. The fourth-order valence-corrected chi connectivity index (χ4v) is 4.42. The Hall–Kier alpha value is -3.81. The van der Waals surface area contributed by atoms with Gasteiger partial charge in [-0.2, -0.15) is 0 Å². The highest BCUT2D eigenvalue weighted by atomic mass is 16.5. The SMILES string of the molecule is CC1Cc2cc(/C(O)=C3\C(=O)C(=O)N(CCCn4ccnc4)C3c3ccco3)ccc2O1. The zero-order chi connectivity index (χ0) is 22.2. The van der Waals surface area contributed by atoms with E-state index in [4.69, 9.17) is 9.15 Å². The number of Topliss-reactive ketones (excluding diaryl/α,β-unsaturated/α-hetero) is 1. The van der Waals surface area contributed by atoms with Gasteiger partial charge in [0.15, 0.2) is 0 Å². The molecule has 0 bridgehead atoms. The molecule has 0 aliphatic carbocycles. The molecule has 1 amide bonds. The third-order valence-electron chi connectivity index (χ3n) is 5.90. The van der Waals surface area contributed by atoms with Gasteiger partial charge in [0.1, 0.15) is 29.4 Å². The predicted molar refractivity (Wildman–Crippen MR) is 115 cm³/mol. The molecule has 8 heteroatoms. The number of amides is 1. The second-order valence-corrected chi connectivity index (χ2v) is 8.12. The van der Waals surface area contributed by atoms with Crippen LogP contribution in [0.5, 0.6) is 5.75 Å². The summed E-state index contributed by atoms with van der Waals surface area (Å²) in [5, 5.41) is 11.2. The van der Waals surface area contributed by atoms with Gasteiger partial charge in [-0.3, -0.25) is 9.59 Å². The molecule has 2 aromatic heterocycles. The minimum atomic E-state index is -0.781. The summed E-state index contributed by atoms with van der Waals surface area (Å²) in [5.74, 6) is -0.347. The number of furan rings is 1. The highest BCUT2D eigenvalue weighted by molar-refractivity contribution is 6.46. The largest absolute Gasteiger partial charge is 0.507 e. The van der Waals surface area contributed by atoms with Gasteiger partial charge in [0, 0.05) is 37.5 Å². The highest BCUT2D eigenvalue weighted by Crippen LogP contribution is 2.40. The fourth-order valence-electron chi connectivity index (χ4n) is 4.42. The van der Waals surface area contributed by atoms with E-state index in [0.29, 0.717) is 30.8 Å². The number of aryl methyl sites for hydroxylation is 1. The Labute approximate surface area is 184 Å². The van der Waals surface area contributed by atoms with Crippen molar-refractivity contribution in [3.63, 3.8) is 0 Å². The van der Waals surface area contributed by atoms with Crippen LogP contribution in [0.25, 0.3) is 5.76 Å². The molecule has 1 aromatic carbocycles. The number of aromatic nitrogens is 2. The average Bonchev–Trinajstić information content (AvgIpc) is 3.57. The zero-order valence-corrected chi connectivity index (χ0v) is 17.6. The first-order valence-electron chi connectivity index (χ1n) is 10.6. The first-order chi connectivity index (χ1) is 15.5. The Balaban J connectivity index is 1.49. The maximum absolute atomic E-state index is 13.0. The van der Waals surface area contributed by atoms with Crippen LogP contribution in [0.2, 0.25) is 0 Å². The minimum absolute atomic E-state index is 0.0412. The normalized spacial score (nSPS) is 21.7. The summed E-state index contributed by atoms with van der Waals surface area (Å²) in [6, 6.07) is 7.95. The van der Waals surface area contributed by atoms with Crippen molar-refractivity contribution >= 4 is 17.4 Å². The lowest BCUT2D eigenvalue weighted by Crippen LogP contribution is -2.31. The molecule has 8 nitrogen and oxygen atoms in total. The Bertz CT molecular complexity index is 1180. The fraction of sp³-hybridized carbons (Fsp3) is 0.292. The lowest BCUT2D eigenvalue weighted by molar-refractivity contribution is -0.140.